The summed E-state index contributed by atoms with van der Waals surface area (Å²) >= 11 is 5.53. The van der Waals surface area contributed by atoms with E-state index in [2.05, 4.69) is 15.4 Å². The second kappa shape index (κ2) is 9.89. The van der Waals surface area contributed by atoms with E-state index in [1.54, 1.807) is 0 Å². The number of anilines is 2. The number of hydroxylamine groups is 2. The SMILES string of the molecule is NC(=O)OC1=CC(Oc2ccc(NC(=O)Nc3ccc(Cl)c(C(F)(F)F)c3)c(F)c2)=CCN1O. The fourth-order valence-corrected chi connectivity index (χ4v) is 2.90. The number of alkyl halides is 3. The van der Waals surface area contributed by atoms with E-state index >= 15 is 0 Å². The van der Waals surface area contributed by atoms with E-state index in [1.807, 2.05) is 0 Å². The van der Waals surface area contributed by atoms with Crippen LogP contribution in [0.5, 0.6) is 5.75 Å². The zero-order valence-electron chi connectivity index (χ0n) is 16.8. The summed E-state index contributed by atoms with van der Waals surface area (Å²) in [6.07, 6.45) is -3.36. The van der Waals surface area contributed by atoms with Crippen LogP contribution in [0.2, 0.25) is 5.02 Å². The molecule has 0 aromatic heterocycles. The van der Waals surface area contributed by atoms with Crippen molar-refractivity contribution in [2.45, 2.75) is 6.18 Å². The monoisotopic (exact) mass is 502 g/mol. The Labute approximate surface area is 193 Å². The van der Waals surface area contributed by atoms with Crippen LogP contribution in [0.1, 0.15) is 5.56 Å². The number of ether oxygens (including phenoxy) is 2. The summed E-state index contributed by atoms with van der Waals surface area (Å²) in [4.78, 5) is 23.0. The first-order valence-electron chi connectivity index (χ1n) is 9.20. The lowest BCUT2D eigenvalue weighted by molar-refractivity contribution is -0.137. The van der Waals surface area contributed by atoms with Gasteiger partial charge in [-0.2, -0.15) is 13.2 Å². The summed E-state index contributed by atoms with van der Waals surface area (Å²) in [5, 5.41) is 14.0. The lowest BCUT2D eigenvalue weighted by Crippen LogP contribution is -2.28. The summed E-state index contributed by atoms with van der Waals surface area (Å²) in [7, 11) is 0. The smallest absolute Gasteiger partial charge is 0.417 e. The number of urea groups is 1. The molecule has 1 heterocycles. The van der Waals surface area contributed by atoms with E-state index in [9.17, 15) is 32.4 Å². The molecule has 1 aliphatic rings. The number of primary amides is 1. The van der Waals surface area contributed by atoms with Crippen LogP contribution in [0.4, 0.5) is 38.5 Å². The molecule has 0 atom stereocenters. The number of carbonyl (C=O) groups is 2. The van der Waals surface area contributed by atoms with Gasteiger partial charge < -0.3 is 25.8 Å². The number of carbonyl (C=O) groups excluding carboxylic acids is 2. The van der Waals surface area contributed by atoms with Crippen LogP contribution in [0.15, 0.2) is 60.2 Å². The Morgan fingerprint density at radius 3 is 2.53 bits per heavy atom. The molecule has 5 N–H and O–H groups in total. The Morgan fingerprint density at radius 2 is 1.88 bits per heavy atom. The van der Waals surface area contributed by atoms with Gasteiger partial charge in [0, 0.05) is 17.8 Å². The van der Waals surface area contributed by atoms with Gasteiger partial charge in [0.15, 0.2) is 0 Å². The van der Waals surface area contributed by atoms with Gasteiger partial charge >= 0.3 is 18.3 Å². The molecule has 0 fully saturated rings. The van der Waals surface area contributed by atoms with Crippen molar-refractivity contribution < 1.29 is 41.8 Å². The maximum absolute atomic E-state index is 14.4. The minimum Gasteiger partial charge on any atom is -0.457 e. The fraction of sp³-hybridized carbons (Fsp3) is 0.100. The largest absolute Gasteiger partial charge is 0.457 e. The first-order valence-corrected chi connectivity index (χ1v) is 9.58. The number of nitrogens with one attached hydrogen (secondary N) is 2. The molecule has 2 aromatic carbocycles. The number of halogens is 5. The molecule has 0 radical (unpaired) electrons. The molecule has 0 bridgehead atoms. The minimum absolute atomic E-state index is 0.0108. The van der Waals surface area contributed by atoms with Crippen molar-refractivity contribution in [2.24, 2.45) is 5.73 Å². The van der Waals surface area contributed by atoms with E-state index in [1.165, 1.54) is 12.1 Å². The van der Waals surface area contributed by atoms with E-state index in [0.717, 1.165) is 30.3 Å². The number of nitrogens with two attached hydrogens (primary N) is 1. The second-order valence-electron chi connectivity index (χ2n) is 6.61. The Bertz CT molecular complexity index is 1190. The van der Waals surface area contributed by atoms with Crippen LogP contribution in [0.25, 0.3) is 0 Å². The van der Waals surface area contributed by atoms with Crippen molar-refractivity contribution in [3.63, 3.8) is 0 Å². The molecule has 0 saturated carbocycles. The lowest BCUT2D eigenvalue weighted by atomic mass is 10.2. The fourth-order valence-electron chi connectivity index (χ4n) is 2.68. The average molecular weight is 503 g/mol. The maximum Gasteiger partial charge on any atom is 0.417 e. The summed E-state index contributed by atoms with van der Waals surface area (Å²) < 4.78 is 63.3. The molecule has 1 aliphatic heterocycles. The normalized spacial score (nSPS) is 13.5. The zero-order chi connectivity index (χ0) is 25.0. The standard InChI is InChI=1S/C20H15ClF4N4O5/c21-14-3-1-10(7-13(14)20(23,24)25)27-19(31)28-16-4-2-11(8-15(16)22)33-12-5-6-29(32)17(9-12)34-18(26)30/h1-5,7-9,32H,6H2,(H2,26,30)(H2,27,28,31). The van der Waals surface area contributed by atoms with Crippen LogP contribution in [0, 0.1) is 5.82 Å². The molecule has 180 valence electrons. The average Bonchev–Trinajstić information content (AvgIpc) is 2.73. The number of nitrogens with zero attached hydrogens (tertiary/aromatic N) is 1. The summed E-state index contributed by atoms with van der Waals surface area (Å²) in [6, 6.07) is 5.13. The van der Waals surface area contributed by atoms with Gasteiger partial charge in [0.05, 0.1) is 22.8 Å². The number of amides is 3. The molecule has 0 aliphatic carbocycles. The van der Waals surface area contributed by atoms with Gasteiger partial charge in [0.2, 0.25) is 5.88 Å². The van der Waals surface area contributed by atoms with E-state index in [0.29, 0.717) is 11.1 Å². The van der Waals surface area contributed by atoms with Crippen LogP contribution >= 0.6 is 11.6 Å². The van der Waals surface area contributed by atoms with Gasteiger partial charge in [-0.1, -0.05) is 11.6 Å². The molecule has 3 rings (SSSR count). The van der Waals surface area contributed by atoms with Gasteiger partial charge in [-0.15, -0.1) is 0 Å². The van der Waals surface area contributed by atoms with Gasteiger partial charge in [0.1, 0.15) is 17.3 Å². The molecular weight excluding hydrogens is 488 g/mol. The molecule has 34 heavy (non-hydrogen) atoms. The third kappa shape index (κ3) is 6.30. The highest BCUT2D eigenvalue weighted by atomic mass is 35.5. The molecule has 0 saturated heterocycles. The Kier molecular flexibility index (Phi) is 7.17. The van der Waals surface area contributed by atoms with Crippen LogP contribution in [0.3, 0.4) is 0 Å². The summed E-state index contributed by atoms with van der Waals surface area (Å²) in [6.45, 7) is -0.114. The number of rotatable bonds is 5. The molecular formula is C20H15ClF4N4O5. The molecule has 9 nitrogen and oxygen atoms in total. The van der Waals surface area contributed by atoms with E-state index in [4.69, 9.17) is 22.1 Å². The Hall–Kier alpha value is -3.97. The number of hydrogen-bond donors (Lipinski definition) is 4. The minimum atomic E-state index is -4.72. The molecule has 0 spiro atoms. The third-order valence-corrected chi connectivity index (χ3v) is 4.47. The summed E-state index contributed by atoms with van der Waals surface area (Å²) in [5.74, 6) is -1.14. The van der Waals surface area contributed by atoms with Crippen LogP contribution < -0.4 is 21.1 Å². The second-order valence-corrected chi connectivity index (χ2v) is 7.01. The van der Waals surface area contributed by atoms with Crippen LogP contribution in [-0.4, -0.2) is 28.9 Å². The van der Waals surface area contributed by atoms with Crippen molar-refractivity contribution in [2.75, 3.05) is 17.2 Å². The molecule has 14 heteroatoms. The van der Waals surface area contributed by atoms with E-state index in [-0.39, 0.29) is 35.3 Å². The van der Waals surface area contributed by atoms with Crippen molar-refractivity contribution >= 4 is 35.1 Å². The highest BCUT2D eigenvalue weighted by Gasteiger charge is 2.33. The maximum atomic E-state index is 14.4. The zero-order valence-corrected chi connectivity index (χ0v) is 17.6. The van der Waals surface area contributed by atoms with Gasteiger partial charge in [0.25, 0.3) is 0 Å². The predicted molar refractivity (Wildman–Crippen MR) is 111 cm³/mol. The lowest BCUT2D eigenvalue weighted by Gasteiger charge is -2.21. The van der Waals surface area contributed by atoms with Gasteiger partial charge in [-0.25, -0.2) is 19.0 Å². The highest BCUT2D eigenvalue weighted by molar-refractivity contribution is 6.31. The van der Waals surface area contributed by atoms with Crippen molar-refractivity contribution in [3.05, 3.63) is 76.6 Å². The molecule has 2 aromatic rings. The molecule has 0 unspecified atom stereocenters. The Balaban J connectivity index is 1.66. The van der Waals surface area contributed by atoms with Crippen molar-refractivity contribution in [1.29, 1.82) is 0 Å². The Morgan fingerprint density at radius 1 is 1.15 bits per heavy atom. The number of allylic oxidation sites excluding steroid dienone is 1. The first kappa shape index (κ1) is 24.7. The van der Waals surface area contributed by atoms with Gasteiger partial charge in [-0.3, -0.25) is 5.21 Å². The number of hydrogen-bond acceptors (Lipinski definition) is 6. The summed E-state index contributed by atoms with van der Waals surface area (Å²) in [5.41, 5.74) is 3.26. The molecule has 3 amide bonds. The number of benzene rings is 2. The first-order chi connectivity index (χ1) is 15.9. The topological polar surface area (TPSA) is 126 Å². The van der Waals surface area contributed by atoms with Crippen LogP contribution in [-0.2, 0) is 10.9 Å². The highest BCUT2D eigenvalue weighted by Crippen LogP contribution is 2.36. The quantitative estimate of drug-likeness (QED) is 0.424. The van der Waals surface area contributed by atoms with Crippen molar-refractivity contribution in [3.8, 4) is 5.75 Å². The van der Waals surface area contributed by atoms with Crippen molar-refractivity contribution in [1.82, 2.24) is 5.06 Å². The third-order valence-electron chi connectivity index (χ3n) is 4.14. The van der Waals surface area contributed by atoms with E-state index < -0.39 is 34.7 Å². The van der Waals surface area contributed by atoms with Gasteiger partial charge in [-0.05, 0) is 36.4 Å². The predicted octanol–water partition coefficient (Wildman–Crippen LogP) is 5.05.